The highest BCUT2D eigenvalue weighted by Gasteiger charge is 2.12. The Labute approximate surface area is 118 Å². The second-order valence-electron chi connectivity index (χ2n) is 5.48. The zero-order valence-electron chi connectivity index (χ0n) is 12.9. The molecule has 0 spiro atoms. The Kier molecular flexibility index (Phi) is 9.38. The van der Waals surface area contributed by atoms with Gasteiger partial charge < -0.3 is 19.7 Å². The van der Waals surface area contributed by atoms with Crippen LogP contribution in [0.4, 0.5) is 0 Å². The van der Waals surface area contributed by atoms with Crippen LogP contribution in [0.2, 0.25) is 0 Å². The number of ether oxygens (including phenoxy) is 2. The van der Waals surface area contributed by atoms with Gasteiger partial charge in [-0.1, -0.05) is 13.8 Å². The highest BCUT2D eigenvalue weighted by molar-refractivity contribution is 4.68. The van der Waals surface area contributed by atoms with Gasteiger partial charge in [0.2, 0.25) is 0 Å². The second kappa shape index (κ2) is 10.6. The van der Waals surface area contributed by atoms with Gasteiger partial charge in [-0.05, 0) is 7.05 Å². The van der Waals surface area contributed by atoms with Gasteiger partial charge in [0.1, 0.15) is 0 Å². The Morgan fingerprint density at radius 1 is 0.947 bits per heavy atom. The van der Waals surface area contributed by atoms with Crippen LogP contribution in [-0.4, -0.2) is 88.6 Å². The SMILES string of the molecule is CC(C)NCCOCCOCCN1CCN(C)CC1. The first kappa shape index (κ1) is 16.9. The molecule has 1 rings (SSSR count). The summed E-state index contributed by atoms with van der Waals surface area (Å²) in [5, 5.41) is 3.32. The first-order valence-electron chi connectivity index (χ1n) is 7.48. The van der Waals surface area contributed by atoms with Crippen molar-refractivity contribution in [2.45, 2.75) is 19.9 Å². The van der Waals surface area contributed by atoms with Crippen LogP contribution >= 0.6 is 0 Å². The highest BCUT2D eigenvalue weighted by atomic mass is 16.5. The lowest BCUT2D eigenvalue weighted by Crippen LogP contribution is -2.45. The summed E-state index contributed by atoms with van der Waals surface area (Å²) < 4.78 is 11.1. The minimum absolute atomic E-state index is 0.531. The fourth-order valence-electron chi connectivity index (χ4n) is 2.01. The van der Waals surface area contributed by atoms with Crippen LogP contribution in [0.15, 0.2) is 0 Å². The molecule has 0 atom stereocenters. The van der Waals surface area contributed by atoms with Gasteiger partial charge >= 0.3 is 0 Å². The van der Waals surface area contributed by atoms with Gasteiger partial charge in [-0.15, -0.1) is 0 Å². The highest BCUT2D eigenvalue weighted by Crippen LogP contribution is 1.98. The van der Waals surface area contributed by atoms with E-state index >= 15 is 0 Å². The average Bonchev–Trinajstić information content (AvgIpc) is 2.38. The number of nitrogens with one attached hydrogen (secondary N) is 1. The Morgan fingerprint density at radius 2 is 1.58 bits per heavy atom. The molecule has 0 aliphatic carbocycles. The van der Waals surface area contributed by atoms with Gasteiger partial charge in [0.25, 0.3) is 0 Å². The predicted octanol–water partition coefficient (Wildman–Crippen LogP) is 0.265. The standard InChI is InChI=1S/C14H31N3O2/c1-14(2)15-4-10-18-12-13-19-11-9-17-7-5-16(3)6-8-17/h14-15H,4-13H2,1-3H3. The molecule has 0 saturated carbocycles. The van der Waals surface area contributed by atoms with Gasteiger partial charge in [0, 0.05) is 45.3 Å². The van der Waals surface area contributed by atoms with Gasteiger partial charge in [-0.2, -0.15) is 0 Å². The molecule has 1 aliphatic heterocycles. The summed E-state index contributed by atoms with van der Waals surface area (Å²) in [5.41, 5.74) is 0. The van der Waals surface area contributed by atoms with Crippen molar-refractivity contribution in [1.29, 1.82) is 0 Å². The maximum atomic E-state index is 5.59. The molecular formula is C14H31N3O2. The molecule has 1 aliphatic rings. The van der Waals surface area contributed by atoms with E-state index in [2.05, 4.69) is 36.0 Å². The monoisotopic (exact) mass is 273 g/mol. The van der Waals surface area contributed by atoms with Crippen molar-refractivity contribution in [2.24, 2.45) is 0 Å². The summed E-state index contributed by atoms with van der Waals surface area (Å²) in [4.78, 5) is 4.84. The average molecular weight is 273 g/mol. The van der Waals surface area contributed by atoms with Crippen molar-refractivity contribution < 1.29 is 9.47 Å². The van der Waals surface area contributed by atoms with Crippen LogP contribution < -0.4 is 5.32 Å². The molecule has 5 heteroatoms. The molecule has 19 heavy (non-hydrogen) atoms. The van der Waals surface area contributed by atoms with E-state index in [4.69, 9.17) is 9.47 Å². The first-order valence-corrected chi connectivity index (χ1v) is 7.48. The third kappa shape index (κ3) is 9.35. The number of likely N-dealkylation sites (N-methyl/N-ethyl adjacent to an activating group) is 1. The zero-order valence-corrected chi connectivity index (χ0v) is 12.9. The Balaban J connectivity index is 1.79. The van der Waals surface area contributed by atoms with E-state index in [1.165, 1.54) is 13.1 Å². The van der Waals surface area contributed by atoms with E-state index in [1.807, 2.05) is 0 Å². The van der Waals surface area contributed by atoms with Crippen LogP contribution in [0.5, 0.6) is 0 Å². The first-order chi connectivity index (χ1) is 9.18. The van der Waals surface area contributed by atoms with Crippen molar-refractivity contribution >= 4 is 0 Å². The summed E-state index contributed by atoms with van der Waals surface area (Å²) in [6, 6.07) is 0.531. The molecule has 0 bridgehead atoms. The van der Waals surface area contributed by atoms with Crippen molar-refractivity contribution in [3.63, 3.8) is 0 Å². The largest absolute Gasteiger partial charge is 0.378 e. The molecule has 0 radical (unpaired) electrons. The lowest BCUT2D eigenvalue weighted by molar-refractivity contribution is 0.0338. The maximum Gasteiger partial charge on any atom is 0.0701 e. The maximum absolute atomic E-state index is 5.59. The summed E-state index contributed by atoms with van der Waals surface area (Å²) in [5.74, 6) is 0. The molecule has 114 valence electrons. The number of hydrogen-bond donors (Lipinski definition) is 1. The van der Waals surface area contributed by atoms with Gasteiger partial charge in [-0.25, -0.2) is 0 Å². The van der Waals surface area contributed by atoms with Crippen LogP contribution in [0.3, 0.4) is 0 Å². The van der Waals surface area contributed by atoms with Crippen LogP contribution in [0.1, 0.15) is 13.8 Å². The fraction of sp³-hybridized carbons (Fsp3) is 1.00. The minimum atomic E-state index is 0.531. The van der Waals surface area contributed by atoms with Gasteiger partial charge in [0.05, 0.1) is 26.4 Å². The molecule has 0 unspecified atom stereocenters. The molecule has 1 heterocycles. The third-order valence-electron chi connectivity index (χ3n) is 3.32. The van der Waals surface area contributed by atoms with Crippen molar-refractivity contribution in [2.75, 3.05) is 72.7 Å². The van der Waals surface area contributed by atoms with Crippen molar-refractivity contribution in [3.8, 4) is 0 Å². The lowest BCUT2D eigenvalue weighted by atomic mass is 10.3. The van der Waals surface area contributed by atoms with E-state index in [0.29, 0.717) is 19.3 Å². The second-order valence-corrected chi connectivity index (χ2v) is 5.48. The molecule has 0 aromatic heterocycles. The molecule has 0 aromatic rings. The summed E-state index contributed by atoms with van der Waals surface area (Å²) in [6.45, 7) is 13.9. The summed E-state index contributed by atoms with van der Waals surface area (Å²) in [6.07, 6.45) is 0. The van der Waals surface area contributed by atoms with Gasteiger partial charge in [0.15, 0.2) is 0 Å². The molecule has 1 fully saturated rings. The number of rotatable bonds is 10. The van der Waals surface area contributed by atoms with Crippen LogP contribution in [0.25, 0.3) is 0 Å². The molecule has 1 saturated heterocycles. The molecule has 0 aromatic carbocycles. The molecule has 1 N–H and O–H groups in total. The Bertz CT molecular complexity index is 207. The number of nitrogens with zero attached hydrogens (tertiary/aromatic N) is 2. The van der Waals surface area contributed by atoms with Crippen LogP contribution in [0, 0.1) is 0 Å². The Morgan fingerprint density at radius 3 is 2.21 bits per heavy atom. The quantitative estimate of drug-likeness (QED) is 0.578. The smallest absolute Gasteiger partial charge is 0.0701 e. The van der Waals surface area contributed by atoms with E-state index in [-0.39, 0.29) is 0 Å². The van der Waals surface area contributed by atoms with E-state index in [0.717, 1.165) is 39.4 Å². The lowest BCUT2D eigenvalue weighted by Gasteiger charge is -2.32. The van der Waals surface area contributed by atoms with Crippen LogP contribution in [-0.2, 0) is 9.47 Å². The zero-order chi connectivity index (χ0) is 13.9. The summed E-state index contributed by atoms with van der Waals surface area (Å²) >= 11 is 0. The van der Waals surface area contributed by atoms with Crippen molar-refractivity contribution in [3.05, 3.63) is 0 Å². The Hall–Kier alpha value is -0.200. The topological polar surface area (TPSA) is 37.0 Å². The molecular weight excluding hydrogens is 242 g/mol. The van der Waals surface area contributed by atoms with E-state index in [1.54, 1.807) is 0 Å². The number of piperazine rings is 1. The molecule has 0 amide bonds. The van der Waals surface area contributed by atoms with E-state index in [9.17, 15) is 0 Å². The number of hydrogen-bond acceptors (Lipinski definition) is 5. The fourth-order valence-corrected chi connectivity index (χ4v) is 2.01. The van der Waals surface area contributed by atoms with E-state index < -0.39 is 0 Å². The normalized spacial score (nSPS) is 18.3. The summed E-state index contributed by atoms with van der Waals surface area (Å²) in [7, 11) is 2.18. The molecule has 5 nitrogen and oxygen atoms in total. The minimum Gasteiger partial charge on any atom is -0.378 e. The predicted molar refractivity (Wildman–Crippen MR) is 78.7 cm³/mol. The van der Waals surface area contributed by atoms with Crippen molar-refractivity contribution in [1.82, 2.24) is 15.1 Å². The van der Waals surface area contributed by atoms with Gasteiger partial charge in [-0.3, -0.25) is 4.90 Å². The third-order valence-corrected chi connectivity index (χ3v) is 3.32.